The van der Waals surface area contributed by atoms with Crippen LogP contribution in [-0.4, -0.2) is 38.6 Å². The summed E-state index contributed by atoms with van der Waals surface area (Å²) in [6.07, 6.45) is 5.26. The molecule has 0 spiro atoms. The molecule has 0 saturated carbocycles. The fraction of sp³-hybridized carbons (Fsp3) is 0.294. The number of anilines is 1. The van der Waals surface area contributed by atoms with E-state index in [9.17, 15) is 0 Å². The van der Waals surface area contributed by atoms with Crippen LogP contribution in [0.3, 0.4) is 0 Å². The zero-order valence-corrected chi connectivity index (χ0v) is 16.0. The highest BCUT2D eigenvalue weighted by Gasteiger charge is 2.07. The summed E-state index contributed by atoms with van der Waals surface area (Å²) in [7, 11) is 5.70. The first-order valence-corrected chi connectivity index (χ1v) is 7.09. The Bertz CT molecular complexity index is 718. The standard InChI is InChI=1S/C17H21N5.HI/c1-5-10-19-17(18-2)20-12-13-11-16(22(3)4)21-15-9-7-6-8-14(13)15;/h1,6-9,11H,10,12H2,2-4H3,(H2,18,19,20);1H. The smallest absolute Gasteiger partial charge is 0.192 e. The molecule has 2 N–H and O–H groups in total. The van der Waals surface area contributed by atoms with E-state index >= 15 is 0 Å². The Morgan fingerprint density at radius 1 is 1.30 bits per heavy atom. The molecule has 0 aliphatic rings. The van der Waals surface area contributed by atoms with Gasteiger partial charge in [0, 0.05) is 33.1 Å². The monoisotopic (exact) mass is 423 g/mol. The number of hydrogen-bond acceptors (Lipinski definition) is 3. The van der Waals surface area contributed by atoms with Crippen molar-refractivity contribution in [2.75, 3.05) is 32.6 Å². The average Bonchev–Trinajstić information content (AvgIpc) is 2.54. The lowest BCUT2D eigenvalue weighted by molar-refractivity contribution is 0.854. The Balaban J connectivity index is 0.00000264. The molecule has 0 atom stereocenters. The molecule has 0 bridgehead atoms. The summed E-state index contributed by atoms with van der Waals surface area (Å²) in [6.45, 7) is 1.09. The van der Waals surface area contributed by atoms with Gasteiger partial charge in [-0.25, -0.2) is 4.98 Å². The van der Waals surface area contributed by atoms with Gasteiger partial charge in [0.15, 0.2) is 5.96 Å². The number of nitrogens with zero attached hydrogens (tertiary/aromatic N) is 3. The van der Waals surface area contributed by atoms with Crippen molar-refractivity contribution >= 4 is 46.7 Å². The molecule has 6 heteroatoms. The molecule has 0 fully saturated rings. The van der Waals surface area contributed by atoms with Crippen molar-refractivity contribution in [1.82, 2.24) is 15.6 Å². The molecule has 0 aliphatic carbocycles. The van der Waals surface area contributed by atoms with Gasteiger partial charge in [0.1, 0.15) is 5.82 Å². The van der Waals surface area contributed by atoms with Crippen molar-refractivity contribution in [3.8, 4) is 12.3 Å². The van der Waals surface area contributed by atoms with Crippen LogP contribution in [0.1, 0.15) is 5.56 Å². The number of terminal acetylenes is 1. The Morgan fingerprint density at radius 3 is 2.70 bits per heavy atom. The number of guanidine groups is 1. The number of aromatic nitrogens is 1. The van der Waals surface area contributed by atoms with E-state index in [1.165, 1.54) is 0 Å². The fourth-order valence-corrected chi connectivity index (χ4v) is 2.14. The third-order valence-electron chi connectivity index (χ3n) is 3.27. The van der Waals surface area contributed by atoms with E-state index in [1.54, 1.807) is 7.05 Å². The average molecular weight is 423 g/mol. The molecule has 5 nitrogen and oxygen atoms in total. The first-order valence-electron chi connectivity index (χ1n) is 7.09. The van der Waals surface area contributed by atoms with Crippen molar-refractivity contribution < 1.29 is 0 Å². The highest BCUT2D eigenvalue weighted by Crippen LogP contribution is 2.21. The van der Waals surface area contributed by atoms with E-state index in [0.29, 0.717) is 19.0 Å². The number of aliphatic imine (C=N–C) groups is 1. The number of halogens is 1. The number of nitrogens with one attached hydrogen (secondary N) is 2. The number of fused-ring (bicyclic) bond motifs is 1. The molecule has 122 valence electrons. The number of para-hydroxylation sites is 1. The van der Waals surface area contributed by atoms with Crippen molar-refractivity contribution in [1.29, 1.82) is 0 Å². The maximum Gasteiger partial charge on any atom is 0.192 e. The SMILES string of the molecule is C#CCNC(=NC)NCc1cc(N(C)C)nc2ccccc12.I. The predicted molar refractivity (Wildman–Crippen MR) is 109 cm³/mol. The number of pyridine rings is 1. The summed E-state index contributed by atoms with van der Waals surface area (Å²) in [6, 6.07) is 10.2. The third-order valence-corrected chi connectivity index (χ3v) is 3.27. The van der Waals surface area contributed by atoms with Gasteiger partial charge in [-0.2, -0.15) is 0 Å². The quantitative estimate of drug-likeness (QED) is 0.343. The second-order valence-electron chi connectivity index (χ2n) is 5.03. The van der Waals surface area contributed by atoms with Gasteiger partial charge in [-0.3, -0.25) is 4.99 Å². The molecular formula is C17H22IN5. The lowest BCUT2D eigenvalue weighted by Gasteiger charge is -2.16. The van der Waals surface area contributed by atoms with Crippen LogP contribution in [0.15, 0.2) is 35.3 Å². The van der Waals surface area contributed by atoms with Crippen molar-refractivity contribution in [2.24, 2.45) is 4.99 Å². The first-order chi connectivity index (χ1) is 10.7. The van der Waals surface area contributed by atoms with Crippen LogP contribution in [0.2, 0.25) is 0 Å². The normalized spacial score (nSPS) is 10.6. The second kappa shape index (κ2) is 9.20. The van der Waals surface area contributed by atoms with Gasteiger partial charge >= 0.3 is 0 Å². The Kier molecular flexibility index (Phi) is 7.62. The van der Waals surface area contributed by atoms with Crippen LogP contribution in [0.25, 0.3) is 10.9 Å². The van der Waals surface area contributed by atoms with Gasteiger partial charge < -0.3 is 15.5 Å². The van der Waals surface area contributed by atoms with E-state index in [-0.39, 0.29) is 24.0 Å². The molecule has 0 radical (unpaired) electrons. The fourth-order valence-electron chi connectivity index (χ4n) is 2.14. The first kappa shape index (κ1) is 19.0. The van der Waals surface area contributed by atoms with E-state index in [0.717, 1.165) is 22.3 Å². The molecule has 0 amide bonds. The van der Waals surface area contributed by atoms with Crippen LogP contribution >= 0.6 is 24.0 Å². The van der Waals surface area contributed by atoms with Crippen molar-refractivity contribution in [2.45, 2.75) is 6.54 Å². The summed E-state index contributed by atoms with van der Waals surface area (Å²) >= 11 is 0. The number of rotatable bonds is 4. The van der Waals surface area contributed by atoms with E-state index in [2.05, 4.69) is 38.7 Å². The van der Waals surface area contributed by atoms with Crippen LogP contribution in [0.5, 0.6) is 0 Å². The topological polar surface area (TPSA) is 52.6 Å². The molecule has 0 aliphatic heterocycles. The molecule has 1 aromatic heterocycles. The Morgan fingerprint density at radius 2 is 2.04 bits per heavy atom. The van der Waals surface area contributed by atoms with Crippen LogP contribution < -0.4 is 15.5 Å². The zero-order valence-electron chi connectivity index (χ0n) is 13.6. The summed E-state index contributed by atoms with van der Waals surface area (Å²) < 4.78 is 0. The molecule has 0 unspecified atom stereocenters. The predicted octanol–water partition coefficient (Wildman–Crippen LogP) is 2.22. The molecular weight excluding hydrogens is 401 g/mol. The van der Waals surface area contributed by atoms with Gasteiger partial charge in [-0.15, -0.1) is 30.4 Å². The molecule has 1 aromatic carbocycles. The number of benzene rings is 1. The van der Waals surface area contributed by atoms with Crippen molar-refractivity contribution in [3.63, 3.8) is 0 Å². The summed E-state index contributed by atoms with van der Waals surface area (Å²) in [5.74, 6) is 4.15. The van der Waals surface area contributed by atoms with Gasteiger partial charge in [0.25, 0.3) is 0 Å². The van der Waals surface area contributed by atoms with E-state index in [4.69, 9.17) is 6.42 Å². The third kappa shape index (κ3) is 4.99. The van der Waals surface area contributed by atoms with Gasteiger partial charge in [-0.05, 0) is 17.7 Å². The highest BCUT2D eigenvalue weighted by atomic mass is 127. The lowest BCUT2D eigenvalue weighted by atomic mass is 10.1. The van der Waals surface area contributed by atoms with E-state index in [1.807, 2.05) is 37.2 Å². The molecule has 0 saturated heterocycles. The summed E-state index contributed by atoms with van der Waals surface area (Å²) in [5, 5.41) is 7.46. The van der Waals surface area contributed by atoms with Crippen LogP contribution in [0.4, 0.5) is 5.82 Å². The molecule has 2 rings (SSSR count). The summed E-state index contributed by atoms with van der Waals surface area (Å²) in [5.41, 5.74) is 2.15. The molecule has 2 aromatic rings. The van der Waals surface area contributed by atoms with Crippen LogP contribution in [0, 0.1) is 12.3 Å². The highest BCUT2D eigenvalue weighted by molar-refractivity contribution is 14.0. The molecule has 1 heterocycles. The number of hydrogen-bond donors (Lipinski definition) is 2. The van der Waals surface area contributed by atoms with E-state index < -0.39 is 0 Å². The maximum atomic E-state index is 5.26. The van der Waals surface area contributed by atoms with Crippen LogP contribution in [-0.2, 0) is 6.54 Å². The van der Waals surface area contributed by atoms with Gasteiger partial charge in [0.05, 0.1) is 12.1 Å². The van der Waals surface area contributed by atoms with Gasteiger partial charge in [-0.1, -0.05) is 24.1 Å². The minimum Gasteiger partial charge on any atom is -0.363 e. The minimum atomic E-state index is 0. The Hall–Kier alpha value is -2.01. The van der Waals surface area contributed by atoms with Gasteiger partial charge in [0.2, 0.25) is 0 Å². The summed E-state index contributed by atoms with van der Waals surface area (Å²) in [4.78, 5) is 10.8. The second-order valence-corrected chi connectivity index (χ2v) is 5.03. The largest absolute Gasteiger partial charge is 0.363 e. The lowest BCUT2D eigenvalue weighted by Crippen LogP contribution is -2.37. The Labute approximate surface area is 154 Å². The maximum absolute atomic E-state index is 5.26. The molecule has 23 heavy (non-hydrogen) atoms. The zero-order chi connectivity index (χ0) is 15.9. The minimum absolute atomic E-state index is 0. The van der Waals surface area contributed by atoms with Crippen molar-refractivity contribution in [3.05, 3.63) is 35.9 Å².